The summed E-state index contributed by atoms with van der Waals surface area (Å²) in [7, 11) is 1.76. The number of para-hydroxylation sites is 1. The highest BCUT2D eigenvalue weighted by Gasteiger charge is 2.34. The molecule has 0 aliphatic carbocycles. The van der Waals surface area contributed by atoms with Crippen LogP contribution in [0.15, 0.2) is 54.6 Å². The molecule has 2 unspecified atom stereocenters. The van der Waals surface area contributed by atoms with Crippen LogP contribution in [0.5, 0.6) is 0 Å². The highest BCUT2D eigenvalue weighted by Crippen LogP contribution is 2.32. The van der Waals surface area contributed by atoms with Crippen molar-refractivity contribution in [2.45, 2.75) is 44.2 Å². The predicted octanol–water partition coefficient (Wildman–Crippen LogP) is 3.82. The first-order valence-electron chi connectivity index (χ1n) is 10.1. The van der Waals surface area contributed by atoms with Crippen molar-refractivity contribution in [2.75, 3.05) is 17.3 Å². The summed E-state index contributed by atoms with van der Waals surface area (Å²) in [4.78, 5) is 26.9. The van der Waals surface area contributed by atoms with E-state index in [0.717, 1.165) is 18.5 Å². The van der Waals surface area contributed by atoms with E-state index in [2.05, 4.69) is 10.6 Å². The molecular formula is C23H27N3O2. The zero-order valence-electron chi connectivity index (χ0n) is 16.2. The van der Waals surface area contributed by atoms with Gasteiger partial charge < -0.3 is 15.5 Å². The molecule has 2 N–H and O–H groups in total. The number of fused-ring (bicyclic) bond motifs is 2. The number of anilines is 2. The molecule has 2 saturated heterocycles. The maximum Gasteiger partial charge on any atom is 0.258 e. The number of nitrogens with one attached hydrogen (secondary N) is 2. The Morgan fingerprint density at radius 2 is 1.75 bits per heavy atom. The van der Waals surface area contributed by atoms with Gasteiger partial charge in [-0.15, -0.1) is 0 Å². The Morgan fingerprint density at radius 3 is 2.46 bits per heavy atom. The number of hydrogen-bond acceptors (Lipinski definition) is 3. The van der Waals surface area contributed by atoms with Gasteiger partial charge in [-0.25, -0.2) is 0 Å². The summed E-state index contributed by atoms with van der Waals surface area (Å²) in [5, 5.41) is 6.60. The minimum atomic E-state index is -0.0998. The molecular weight excluding hydrogens is 350 g/mol. The molecule has 2 aromatic rings. The monoisotopic (exact) mass is 377 g/mol. The van der Waals surface area contributed by atoms with Crippen molar-refractivity contribution >= 4 is 23.2 Å². The summed E-state index contributed by atoms with van der Waals surface area (Å²) in [5.41, 5.74) is 2.07. The molecule has 2 aromatic carbocycles. The van der Waals surface area contributed by atoms with Crippen LogP contribution in [0.3, 0.4) is 0 Å². The van der Waals surface area contributed by atoms with Crippen LogP contribution in [0.2, 0.25) is 0 Å². The van der Waals surface area contributed by atoms with E-state index in [1.807, 2.05) is 42.5 Å². The molecule has 2 atom stereocenters. The van der Waals surface area contributed by atoms with E-state index < -0.39 is 0 Å². The smallest absolute Gasteiger partial charge is 0.258 e. The predicted molar refractivity (Wildman–Crippen MR) is 112 cm³/mol. The van der Waals surface area contributed by atoms with Gasteiger partial charge in [0, 0.05) is 42.5 Å². The van der Waals surface area contributed by atoms with Crippen molar-refractivity contribution in [1.82, 2.24) is 5.32 Å². The third-order valence-corrected chi connectivity index (χ3v) is 5.89. The molecule has 0 aromatic heterocycles. The van der Waals surface area contributed by atoms with Gasteiger partial charge in [0.25, 0.3) is 5.91 Å². The van der Waals surface area contributed by atoms with E-state index >= 15 is 0 Å². The zero-order chi connectivity index (χ0) is 19.5. The number of rotatable bonds is 5. The number of carbonyl (C=O) groups is 2. The molecule has 2 heterocycles. The van der Waals surface area contributed by atoms with E-state index in [1.54, 1.807) is 24.1 Å². The second-order valence-corrected chi connectivity index (χ2v) is 8.01. The lowest BCUT2D eigenvalue weighted by Crippen LogP contribution is -2.39. The first-order valence-corrected chi connectivity index (χ1v) is 10.1. The summed E-state index contributed by atoms with van der Waals surface area (Å²) in [6, 6.07) is 17.9. The van der Waals surface area contributed by atoms with Crippen molar-refractivity contribution in [3.05, 3.63) is 60.2 Å². The van der Waals surface area contributed by atoms with Crippen LogP contribution in [0.1, 0.15) is 42.5 Å². The van der Waals surface area contributed by atoms with Gasteiger partial charge >= 0.3 is 0 Å². The maximum atomic E-state index is 12.8. The summed E-state index contributed by atoms with van der Waals surface area (Å²) >= 11 is 0. The Labute approximate surface area is 166 Å². The second kappa shape index (κ2) is 8.15. The molecule has 0 radical (unpaired) electrons. The maximum absolute atomic E-state index is 12.8. The highest BCUT2D eigenvalue weighted by atomic mass is 16.2. The molecule has 2 fully saturated rings. The minimum Gasteiger partial charge on any atom is -0.326 e. The van der Waals surface area contributed by atoms with E-state index in [1.165, 1.54) is 12.8 Å². The van der Waals surface area contributed by atoms with Crippen molar-refractivity contribution in [3.63, 3.8) is 0 Å². The minimum absolute atomic E-state index is 0.0345. The van der Waals surface area contributed by atoms with Crippen LogP contribution >= 0.6 is 0 Å². The van der Waals surface area contributed by atoms with Gasteiger partial charge in [-0.1, -0.05) is 24.3 Å². The van der Waals surface area contributed by atoms with E-state index in [9.17, 15) is 9.59 Å². The van der Waals surface area contributed by atoms with E-state index in [0.29, 0.717) is 35.7 Å². The van der Waals surface area contributed by atoms with E-state index in [-0.39, 0.29) is 11.8 Å². The molecule has 5 heteroatoms. The van der Waals surface area contributed by atoms with E-state index in [4.69, 9.17) is 0 Å². The molecule has 0 spiro atoms. The third-order valence-electron chi connectivity index (χ3n) is 5.89. The summed E-state index contributed by atoms with van der Waals surface area (Å²) < 4.78 is 0. The highest BCUT2D eigenvalue weighted by molar-refractivity contribution is 6.06. The first-order chi connectivity index (χ1) is 13.6. The fourth-order valence-electron chi connectivity index (χ4n) is 4.51. The molecule has 28 heavy (non-hydrogen) atoms. The summed E-state index contributed by atoms with van der Waals surface area (Å²) in [5.74, 6) is 0.386. The van der Waals surface area contributed by atoms with Crippen LogP contribution in [0.4, 0.5) is 11.4 Å². The number of hydrogen-bond donors (Lipinski definition) is 2. The zero-order valence-corrected chi connectivity index (χ0v) is 16.2. The van der Waals surface area contributed by atoms with Crippen molar-refractivity contribution in [1.29, 1.82) is 0 Å². The normalized spacial score (nSPS) is 23.2. The topological polar surface area (TPSA) is 61.4 Å². The molecule has 2 aliphatic rings. The van der Waals surface area contributed by atoms with Gasteiger partial charge in [0.15, 0.2) is 0 Å². The van der Waals surface area contributed by atoms with Crippen molar-refractivity contribution in [2.24, 2.45) is 5.92 Å². The average molecular weight is 377 g/mol. The van der Waals surface area contributed by atoms with Crippen molar-refractivity contribution < 1.29 is 9.59 Å². The fourth-order valence-corrected chi connectivity index (χ4v) is 4.51. The van der Waals surface area contributed by atoms with Crippen LogP contribution in [0.25, 0.3) is 0 Å². The lowest BCUT2D eigenvalue weighted by Gasteiger charge is -2.28. The largest absolute Gasteiger partial charge is 0.326 e. The number of piperidine rings is 1. The Balaban J connectivity index is 1.38. The number of nitrogens with zero attached hydrogens (tertiary/aromatic N) is 1. The Kier molecular flexibility index (Phi) is 5.44. The van der Waals surface area contributed by atoms with Crippen LogP contribution in [0, 0.1) is 5.92 Å². The third kappa shape index (κ3) is 4.25. The van der Waals surface area contributed by atoms with Gasteiger partial charge in [-0.2, -0.15) is 0 Å². The quantitative estimate of drug-likeness (QED) is 0.833. The Bertz CT molecular complexity index is 840. The Hall–Kier alpha value is -2.66. The van der Waals surface area contributed by atoms with Gasteiger partial charge in [0.1, 0.15) is 0 Å². The fraction of sp³-hybridized carbons (Fsp3) is 0.391. The number of benzene rings is 2. The SMILES string of the molecule is CN(C(=O)c1cccc(NC(=O)CC2CC3CCC(C2)N3)c1)c1ccccc1. The van der Waals surface area contributed by atoms with Gasteiger partial charge in [-0.3, -0.25) is 9.59 Å². The standard InChI is InChI=1S/C23H27N3O2/c1-26(21-8-3-2-4-9-21)23(28)17-6-5-7-18(15-17)25-22(27)14-16-12-19-10-11-20(13-16)24-19/h2-9,15-16,19-20,24H,10-14H2,1H3,(H,25,27). The first kappa shape index (κ1) is 18.7. The average Bonchev–Trinajstić information content (AvgIpc) is 3.05. The van der Waals surface area contributed by atoms with Crippen LogP contribution < -0.4 is 15.5 Å². The lowest BCUT2D eigenvalue weighted by atomic mass is 9.89. The lowest BCUT2D eigenvalue weighted by molar-refractivity contribution is -0.117. The molecule has 2 amide bonds. The van der Waals surface area contributed by atoms with Gasteiger partial charge in [0.2, 0.25) is 5.91 Å². The molecule has 5 nitrogen and oxygen atoms in total. The molecule has 0 saturated carbocycles. The number of amides is 2. The molecule has 2 bridgehead atoms. The summed E-state index contributed by atoms with van der Waals surface area (Å²) in [6.07, 6.45) is 5.20. The summed E-state index contributed by atoms with van der Waals surface area (Å²) in [6.45, 7) is 0. The van der Waals surface area contributed by atoms with Crippen molar-refractivity contribution in [3.8, 4) is 0 Å². The molecule has 146 valence electrons. The van der Waals surface area contributed by atoms with Crippen LogP contribution in [-0.4, -0.2) is 30.9 Å². The number of carbonyl (C=O) groups excluding carboxylic acids is 2. The molecule has 2 aliphatic heterocycles. The Morgan fingerprint density at radius 1 is 1.04 bits per heavy atom. The van der Waals surface area contributed by atoms with Crippen LogP contribution in [-0.2, 0) is 4.79 Å². The second-order valence-electron chi connectivity index (χ2n) is 8.01. The van der Waals surface area contributed by atoms with Gasteiger partial charge in [0.05, 0.1) is 0 Å². The van der Waals surface area contributed by atoms with Gasteiger partial charge in [-0.05, 0) is 61.9 Å². The molecule has 4 rings (SSSR count).